The maximum absolute atomic E-state index is 12.4. The predicted molar refractivity (Wildman–Crippen MR) is 90.6 cm³/mol. The number of nitrogens with zero attached hydrogens (tertiary/aromatic N) is 2. The molecule has 1 rings (SSSR count). The van der Waals surface area contributed by atoms with Crippen LogP contribution in [0.15, 0.2) is 17.0 Å². The minimum Gasteiger partial charge on any atom is -0.309 e. The van der Waals surface area contributed by atoms with Crippen LogP contribution < -0.4 is 4.72 Å². The molecule has 0 saturated carbocycles. The molecule has 0 amide bonds. The first-order chi connectivity index (χ1) is 10.4. The van der Waals surface area contributed by atoms with Crippen molar-refractivity contribution in [1.82, 2.24) is 9.62 Å². The van der Waals surface area contributed by atoms with Gasteiger partial charge in [0, 0.05) is 25.2 Å². The summed E-state index contributed by atoms with van der Waals surface area (Å²) in [5, 5.41) is 10.4. The van der Waals surface area contributed by atoms with Gasteiger partial charge in [-0.25, -0.2) is 13.1 Å². The normalized spacial score (nSPS) is 12.7. The van der Waals surface area contributed by atoms with Crippen molar-refractivity contribution in [3.05, 3.63) is 32.3 Å². The lowest BCUT2D eigenvalue weighted by molar-refractivity contribution is -0.385. The molecule has 7 nitrogen and oxygen atoms in total. The van der Waals surface area contributed by atoms with Crippen molar-refractivity contribution in [1.29, 1.82) is 0 Å². The fraction of sp³-hybridized carbons (Fsp3) is 0.538. The van der Waals surface area contributed by atoms with E-state index < -0.39 is 25.5 Å². The first kappa shape index (κ1) is 20.1. The number of non-ortho nitro benzene ring substituents is 1. The summed E-state index contributed by atoms with van der Waals surface area (Å²) in [6, 6.07) is 1.91. The van der Waals surface area contributed by atoms with Crippen molar-refractivity contribution in [2.24, 2.45) is 5.41 Å². The third-order valence-electron chi connectivity index (χ3n) is 2.96. The van der Waals surface area contributed by atoms with Crippen molar-refractivity contribution in [2.75, 3.05) is 27.2 Å². The lowest BCUT2D eigenvalue weighted by Crippen LogP contribution is -2.40. The fourth-order valence-electron chi connectivity index (χ4n) is 2.13. The van der Waals surface area contributed by atoms with Crippen molar-refractivity contribution in [3.8, 4) is 0 Å². The smallest absolute Gasteiger partial charge is 0.272 e. The van der Waals surface area contributed by atoms with Crippen LogP contribution in [0.1, 0.15) is 13.8 Å². The number of halogens is 2. The summed E-state index contributed by atoms with van der Waals surface area (Å²) in [5.41, 5.74) is -0.777. The van der Waals surface area contributed by atoms with Gasteiger partial charge in [-0.15, -0.1) is 0 Å². The van der Waals surface area contributed by atoms with Gasteiger partial charge in [0.2, 0.25) is 10.0 Å². The van der Waals surface area contributed by atoms with E-state index in [0.717, 1.165) is 12.1 Å². The molecule has 0 heterocycles. The van der Waals surface area contributed by atoms with Crippen LogP contribution in [0.25, 0.3) is 0 Å². The molecule has 10 heteroatoms. The van der Waals surface area contributed by atoms with E-state index >= 15 is 0 Å². The Balaban J connectivity index is 3.12. The molecule has 0 aliphatic heterocycles. The molecular formula is C13H19Cl2N3O4S. The Morgan fingerprint density at radius 3 is 2.35 bits per heavy atom. The summed E-state index contributed by atoms with van der Waals surface area (Å²) in [4.78, 5) is 11.7. The van der Waals surface area contributed by atoms with Gasteiger partial charge in [-0.3, -0.25) is 10.1 Å². The zero-order chi connectivity index (χ0) is 18.0. The third-order valence-corrected chi connectivity index (χ3v) is 5.30. The highest BCUT2D eigenvalue weighted by Crippen LogP contribution is 2.33. The van der Waals surface area contributed by atoms with Crippen LogP contribution in [0.3, 0.4) is 0 Å². The fourth-order valence-corrected chi connectivity index (χ4v) is 4.17. The average Bonchev–Trinajstić information content (AvgIpc) is 2.38. The maximum atomic E-state index is 12.4. The van der Waals surface area contributed by atoms with Gasteiger partial charge < -0.3 is 4.90 Å². The highest BCUT2D eigenvalue weighted by Gasteiger charge is 2.27. The topological polar surface area (TPSA) is 92.6 Å². The molecule has 130 valence electrons. The van der Waals surface area contributed by atoms with Crippen molar-refractivity contribution >= 4 is 38.9 Å². The van der Waals surface area contributed by atoms with Crippen LogP contribution >= 0.6 is 23.2 Å². The largest absolute Gasteiger partial charge is 0.309 e. The number of nitro benzene ring substituents is 1. The second-order valence-corrected chi connectivity index (χ2v) is 8.74. The minimum absolute atomic E-state index is 0.143. The molecule has 1 aromatic rings. The van der Waals surface area contributed by atoms with E-state index in [1.807, 2.05) is 32.8 Å². The second kappa shape index (κ2) is 7.31. The molecule has 1 aromatic carbocycles. The Hall–Kier alpha value is -0.930. The van der Waals surface area contributed by atoms with Gasteiger partial charge in [0.25, 0.3) is 5.69 Å². The Bertz CT molecular complexity index is 705. The zero-order valence-electron chi connectivity index (χ0n) is 13.3. The molecule has 0 radical (unpaired) electrons. The van der Waals surface area contributed by atoms with Crippen LogP contribution in [-0.4, -0.2) is 45.4 Å². The molecule has 0 aliphatic rings. The van der Waals surface area contributed by atoms with Gasteiger partial charge >= 0.3 is 0 Å². The van der Waals surface area contributed by atoms with E-state index in [1.54, 1.807) is 0 Å². The summed E-state index contributed by atoms with van der Waals surface area (Å²) in [5.74, 6) is 0. The number of benzene rings is 1. The lowest BCUT2D eigenvalue weighted by atomic mass is 9.93. The van der Waals surface area contributed by atoms with Gasteiger partial charge in [0.1, 0.15) is 4.90 Å². The van der Waals surface area contributed by atoms with Crippen LogP contribution in [0, 0.1) is 15.5 Å². The Morgan fingerprint density at radius 2 is 1.87 bits per heavy atom. The zero-order valence-corrected chi connectivity index (χ0v) is 15.6. The molecule has 1 N–H and O–H groups in total. The average molecular weight is 384 g/mol. The summed E-state index contributed by atoms with van der Waals surface area (Å²) >= 11 is 11.7. The van der Waals surface area contributed by atoms with E-state index in [1.165, 1.54) is 0 Å². The van der Waals surface area contributed by atoms with Gasteiger partial charge in [0.15, 0.2) is 0 Å². The van der Waals surface area contributed by atoms with E-state index in [0.29, 0.717) is 6.54 Å². The molecule has 0 atom stereocenters. The molecule has 0 bridgehead atoms. The Labute approximate surface area is 145 Å². The molecule has 0 unspecified atom stereocenters. The van der Waals surface area contributed by atoms with Gasteiger partial charge in [-0.2, -0.15) is 0 Å². The highest BCUT2D eigenvalue weighted by molar-refractivity contribution is 7.89. The summed E-state index contributed by atoms with van der Waals surface area (Å²) in [7, 11) is -0.263. The molecule has 0 saturated heterocycles. The highest BCUT2D eigenvalue weighted by atomic mass is 35.5. The number of hydrogen-bond donors (Lipinski definition) is 1. The quantitative estimate of drug-likeness (QED) is 0.577. The maximum Gasteiger partial charge on any atom is 0.272 e. The molecule has 0 spiro atoms. The summed E-state index contributed by atoms with van der Waals surface area (Å²) < 4.78 is 27.3. The molecule has 23 heavy (non-hydrogen) atoms. The van der Waals surface area contributed by atoms with Gasteiger partial charge in [-0.1, -0.05) is 37.0 Å². The number of rotatable bonds is 7. The van der Waals surface area contributed by atoms with Crippen LogP contribution in [-0.2, 0) is 10.0 Å². The second-order valence-electron chi connectivity index (χ2n) is 6.22. The van der Waals surface area contributed by atoms with Crippen molar-refractivity contribution in [3.63, 3.8) is 0 Å². The third kappa shape index (κ3) is 5.58. The van der Waals surface area contributed by atoms with Gasteiger partial charge in [-0.05, 0) is 19.5 Å². The standard InChI is InChI=1S/C13H19Cl2N3O4S/c1-13(2,8-17(3)4)7-16-23(21,22)11-6-9(18(19)20)5-10(14)12(11)15/h5-6,16H,7-8H2,1-4H3. The van der Waals surface area contributed by atoms with E-state index in [4.69, 9.17) is 23.2 Å². The van der Waals surface area contributed by atoms with Crippen molar-refractivity contribution in [2.45, 2.75) is 18.7 Å². The number of sulfonamides is 1. The summed E-state index contributed by atoms with van der Waals surface area (Å²) in [6.07, 6.45) is 0. The van der Waals surface area contributed by atoms with Crippen LogP contribution in [0.4, 0.5) is 5.69 Å². The van der Waals surface area contributed by atoms with E-state index in [2.05, 4.69) is 4.72 Å². The monoisotopic (exact) mass is 383 g/mol. The first-order valence-corrected chi connectivity index (χ1v) is 8.87. The number of nitro groups is 1. The molecule has 0 fully saturated rings. The van der Waals surface area contributed by atoms with E-state index in [9.17, 15) is 18.5 Å². The predicted octanol–water partition coefficient (Wildman–Crippen LogP) is 2.77. The number of hydrogen-bond acceptors (Lipinski definition) is 5. The molecule has 0 aromatic heterocycles. The first-order valence-electron chi connectivity index (χ1n) is 6.63. The molecular weight excluding hydrogens is 365 g/mol. The van der Waals surface area contributed by atoms with Crippen LogP contribution in [0.2, 0.25) is 10.0 Å². The van der Waals surface area contributed by atoms with E-state index in [-0.39, 0.29) is 22.0 Å². The lowest BCUT2D eigenvalue weighted by Gasteiger charge is -2.28. The SMILES string of the molecule is CN(C)CC(C)(C)CNS(=O)(=O)c1cc([N+](=O)[O-])cc(Cl)c1Cl. The summed E-state index contributed by atoms with van der Waals surface area (Å²) in [6.45, 7) is 4.60. The number of nitrogens with one attached hydrogen (secondary N) is 1. The molecule has 0 aliphatic carbocycles. The minimum atomic E-state index is -4.03. The Kier molecular flexibility index (Phi) is 6.39. The van der Waals surface area contributed by atoms with Crippen LogP contribution in [0.5, 0.6) is 0 Å². The van der Waals surface area contributed by atoms with Crippen molar-refractivity contribution < 1.29 is 13.3 Å². The van der Waals surface area contributed by atoms with Gasteiger partial charge in [0.05, 0.1) is 15.0 Å². The Morgan fingerprint density at radius 1 is 1.30 bits per heavy atom.